The number of aromatic nitrogens is 2. The maximum absolute atomic E-state index is 12.4. The minimum atomic E-state index is -0.00131. The molecule has 0 aliphatic carbocycles. The molecule has 0 radical (unpaired) electrons. The Morgan fingerprint density at radius 1 is 1.12 bits per heavy atom. The molecule has 0 spiro atoms. The van der Waals surface area contributed by atoms with Gasteiger partial charge in [0.15, 0.2) is 4.34 Å². The first-order chi connectivity index (χ1) is 15.8. The Balaban J connectivity index is 1.18. The maximum atomic E-state index is 12.4. The molecule has 170 valence electrons. The summed E-state index contributed by atoms with van der Waals surface area (Å²) in [5.41, 5.74) is 2.41. The number of rotatable bonds is 11. The number of hydrogen-bond donors (Lipinski definition) is 2. The van der Waals surface area contributed by atoms with E-state index in [0.29, 0.717) is 12.3 Å². The molecule has 2 N–H and O–H groups in total. The van der Waals surface area contributed by atoms with E-state index in [1.165, 1.54) is 33.5 Å². The number of thioether (sulfide) groups is 1. The Kier molecular flexibility index (Phi) is 8.92. The standard InChI is InChI=1S/C22H27N5O2S3/c28-20(16-31-22-26-25-21(32-22)23-8-7-19-6-3-13-30-19)24-14-17-4-1-2-5-18(17)15-27-9-11-29-12-10-27/h1-6,13H,7-12,14-16H2,(H,23,25)(H,24,28). The van der Waals surface area contributed by atoms with Crippen LogP contribution in [-0.2, 0) is 29.0 Å². The predicted octanol–water partition coefficient (Wildman–Crippen LogP) is 3.49. The largest absolute Gasteiger partial charge is 0.379 e. The summed E-state index contributed by atoms with van der Waals surface area (Å²) < 4.78 is 6.23. The summed E-state index contributed by atoms with van der Waals surface area (Å²) in [6, 6.07) is 12.5. The highest BCUT2D eigenvalue weighted by molar-refractivity contribution is 8.01. The quantitative estimate of drug-likeness (QED) is 0.399. The lowest BCUT2D eigenvalue weighted by molar-refractivity contribution is -0.118. The first-order valence-corrected chi connectivity index (χ1v) is 13.3. The third-order valence-electron chi connectivity index (χ3n) is 5.05. The molecule has 1 aliphatic rings. The number of nitrogens with one attached hydrogen (secondary N) is 2. The van der Waals surface area contributed by atoms with Crippen molar-refractivity contribution in [1.82, 2.24) is 20.4 Å². The van der Waals surface area contributed by atoms with E-state index in [1.807, 2.05) is 6.07 Å². The molecule has 10 heteroatoms. The van der Waals surface area contributed by atoms with Gasteiger partial charge in [0.25, 0.3) is 0 Å². The normalized spacial score (nSPS) is 14.4. The Morgan fingerprint density at radius 2 is 1.97 bits per heavy atom. The molecule has 0 saturated carbocycles. The molecular weight excluding hydrogens is 462 g/mol. The highest BCUT2D eigenvalue weighted by Gasteiger charge is 2.13. The van der Waals surface area contributed by atoms with Crippen LogP contribution in [0.15, 0.2) is 46.1 Å². The highest BCUT2D eigenvalue weighted by Crippen LogP contribution is 2.25. The SMILES string of the molecule is O=C(CSc1nnc(NCCc2cccs2)s1)NCc1ccccc1CN1CCOCC1. The first kappa shape index (κ1) is 23.2. The summed E-state index contributed by atoms with van der Waals surface area (Å²) in [7, 11) is 0. The number of carbonyl (C=O) groups excluding carboxylic acids is 1. The highest BCUT2D eigenvalue weighted by atomic mass is 32.2. The van der Waals surface area contributed by atoms with Gasteiger partial charge in [-0.3, -0.25) is 9.69 Å². The van der Waals surface area contributed by atoms with Gasteiger partial charge in [0.1, 0.15) is 0 Å². The zero-order valence-electron chi connectivity index (χ0n) is 17.8. The van der Waals surface area contributed by atoms with E-state index in [2.05, 4.69) is 61.4 Å². The summed E-state index contributed by atoms with van der Waals surface area (Å²) in [5.74, 6) is 0.328. The lowest BCUT2D eigenvalue weighted by Crippen LogP contribution is -2.36. The van der Waals surface area contributed by atoms with Gasteiger partial charge in [-0.25, -0.2) is 0 Å². The fourth-order valence-electron chi connectivity index (χ4n) is 3.34. The molecule has 1 saturated heterocycles. The van der Waals surface area contributed by atoms with Gasteiger partial charge in [-0.1, -0.05) is 53.4 Å². The third-order valence-corrected chi connectivity index (χ3v) is 8.00. The second kappa shape index (κ2) is 12.3. The van der Waals surface area contributed by atoms with Crippen LogP contribution in [0.4, 0.5) is 5.13 Å². The summed E-state index contributed by atoms with van der Waals surface area (Å²) in [4.78, 5) is 16.1. The summed E-state index contributed by atoms with van der Waals surface area (Å²) in [6.07, 6.45) is 0.967. The number of thiophene rings is 1. The number of amides is 1. The van der Waals surface area contributed by atoms with Gasteiger partial charge in [-0.05, 0) is 29.0 Å². The molecule has 32 heavy (non-hydrogen) atoms. The van der Waals surface area contributed by atoms with Crippen LogP contribution in [0, 0.1) is 0 Å². The molecule has 3 aromatic rings. The van der Waals surface area contributed by atoms with E-state index in [0.717, 1.165) is 60.8 Å². The van der Waals surface area contributed by atoms with Crippen LogP contribution in [0.1, 0.15) is 16.0 Å². The molecule has 1 aromatic carbocycles. The average molecular weight is 490 g/mol. The Bertz CT molecular complexity index is 974. The summed E-state index contributed by atoms with van der Waals surface area (Å²) >= 11 is 4.67. The van der Waals surface area contributed by atoms with Crippen molar-refractivity contribution in [2.45, 2.75) is 23.8 Å². The first-order valence-electron chi connectivity index (χ1n) is 10.6. The fraction of sp³-hybridized carbons (Fsp3) is 0.409. The zero-order chi connectivity index (χ0) is 22.0. The van der Waals surface area contributed by atoms with Gasteiger partial charge in [0.2, 0.25) is 11.0 Å². The van der Waals surface area contributed by atoms with E-state index in [9.17, 15) is 4.79 Å². The minimum absolute atomic E-state index is 0.00131. The molecule has 0 atom stereocenters. The van der Waals surface area contributed by atoms with Gasteiger partial charge in [-0.2, -0.15) is 0 Å². The molecule has 3 heterocycles. The van der Waals surface area contributed by atoms with Gasteiger partial charge >= 0.3 is 0 Å². The number of hydrogen-bond acceptors (Lipinski definition) is 9. The molecule has 1 amide bonds. The van der Waals surface area contributed by atoms with Crippen molar-refractivity contribution < 1.29 is 9.53 Å². The second-order valence-electron chi connectivity index (χ2n) is 7.35. The molecule has 7 nitrogen and oxygen atoms in total. The molecule has 2 aromatic heterocycles. The van der Waals surface area contributed by atoms with Crippen LogP contribution in [-0.4, -0.2) is 59.6 Å². The molecule has 1 fully saturated rings. The van der Waals surface area contributed by atoms with Crippen molar-refractivity contribution in [1.29, 1.82) is 0 Å². The predicted molar refractivity (Wildman–Crippen MR) is 132 cm³/mol. The van der Waals surface area contributed by atoms with Gasteiger partial charge in [-0.15, -0.1) is 21.5 Å². The Labute approximate surface area is 200 Å². The van der Waals surface area contributed by atoms with Crippen molar-refractivity contribution in [2.75, 3.05) is 43.9 Å². The Morgan fingerprint density at radius 3 is 2.78 bits per heavy atom. The minimum Gasteiger partial charge on any atom is -0.379 e. The van der Waals surface area contributed by atoms with Crippen LogP contribution in [0.25, 0.3) is 0 Å². The van der Waals surface area contributed by atoms with Crippen LogP contribution in [0.5, 0.6) is 0 Å². The Hall–Kier alpha value is -1.98. The smallest absolute Gasteiger partial charge is 0.230 e. The molecule has 0 bridgehead atoms. The topological polar surface area (TPSA) is 79.4 Å². The van der Waals surface area contributed by atoms with Gasteiger partial charge in [0.05, 0.1) is 19.0 Å². The number of anilines is 1. The molecule has 0 unspecified atom stereocenters. The van der Waals surface area contributed by atoms with E-state index < -0.39 is 0 Å². The van der Waals surface area contributed by atoms with Crippen LogP contribution < -0.4 is 10.6 Å². The number of morpholine rings is 1. The lowest BCUT2D eigenvalue weighted by Gasteiger charge is -2.27. The monoisotopic (exact) mass is 489 g/mol. The van der Waals surface area contributed by atoms with Crippen molar-refractivity contribution in [3.8, 4) is 0 Å². The van der Waals surface area contributed by atoms with Gasteiger partial charge < -0.3 is 15.4 Å². The number of nitrogens with zero attached hydrogens (tertiary/aromatic N) is 3. The average Bonchev–Trinajstić information content (AvgIpc) is 3.50. The van der Waals surface area contributed by atoms with Gasteiger partial charge in [0, 0.05) is 37.6 Å². The van der Waals surface area contributed by atoms with Crippen molar-refractivity contribution in [3.05, 3.63) is 57.8 Å². The number of carbonyl (C=O) groups is 1. The molecule has 4 rings (SSSR count). The molecule has 1 aliphatic heterocycles. The van der Waals surface area contributed by atoms with Crippen LogP contribution >= 0.6 is 34.4 Å². The van der Waals surface area contributed by atoms with Crippen molar-refractivity contribution in [3.63, 3.8) is 0 Å². The van der Waals surface area contributed by atoms with E-state index in [4.69, 9.17) is 4.74 Å². The maximum Gasteiger partial charge on any atom is 0.230 e. The third kappa shape index (κ3) is 7.28. The second-order valence-corrected chi connectivity index (χ2v) is 10.6. The van der Waals surface area contributed by atoms with Crippen molar-refractivity contribution in [2.24, 2.45) is 0 Å². The molecular formula is C22H27N5O2S3. The van der Waals surface area contributed by atoms with Crippen LogP contribution in [0.2, 0.25) is 0 Å². The van der Waals surface area contributed by atoms with Crippen LogP contribution in [0.3, 0.4) is 0 Å². The lowest BCUT2D eigenvalue weighted by atomic mass is 10.1. The fourth-order valence-corrected chi connectivity index (χ4v) is 5.66. The van der Waals surface area contributed by atoms with E-state index in [-0.39, 0.29) is 5.91 Å². The number of ether oxygens (including phenoxy) is 1. The van der Waals surface area contributed by atoms with Crippen molar-refractivity contribution >= 4 is 45.5 Å². The number of benzene rings is 1. The van der Waals surface area contributed by atoms with E-state index >= 15 is 0 Å². The zero-order valence-corrected chi connectivity index (χ0v) is 20.2. The summed E-state index contributed by atoms with van der Waals surface area (Å²) in [6.45, 7) is 5.71. The summed E-state index contributed by atoms with van der Waals surface area (Å²) in [5, 5.41) is 17.6. The van der Waals surface area contributed by atoms with E-state index in [1.54, 1.807) is 11.3 Å².